The second-order valence-corrected chi connectivity index (χ2v) is 4.95. The number of rotatable bonds is 5. The van der Waals surface area contributed by atoms with E-state index >= 15 is 0 Å². The quantitative estimate of drug-likeness (QED) is 0.874. The molecule has 1 aliphatic rings. The Bertz CT molecular complexity index is 417. The minimum Gasteiger partial charge on any atom is -0.492 e. The molecular weight excluding hydrogens is 240 g/mol. The number of nitrogens with zero attached hydrogens (tertiary/aromatic N) is 2. The summed E-state index contributed by atoms with van der Waals surface area (Å²) in [5.41, 5.74) is 0.651. The third kappa shape index (κ3) is 4.23. The maximum atomic E-state index is 9.08. The number of likely N-dealkylation sites (tertiary alicyclic amines) is 1. The Labute approximate surface area is 114 Å². The number of hydrogen-bond acceptors (Lipinski definition) is 4. The number of benzene rings is 1. The van der Waals surface area contributed by atoms with E-state index in [9.17, 15) is 0 Å². The number of ether oxygens (including phenoxy) is 1. The van der Waals surface area contributed by atoms with Gasteiger partial charge in [0.1, 0.15) is 12.4 Å². The zero-order valence-electron chi connectivity index (χ0n) is 11.1. The second kappa shape index (κ2) is 7.13. The molecule has 19 heavy (non-hydrogen) atoms. The van der Waals surface area contributed by atoms with Crippen LogP contribution < -0.4 is 4.74 Å². The van der Waals surface area contributed by atoms with Crippen LogP contribution in [0.3, 0.4) is 0 Å². The van der Waals surface area contributed by atoms with Gasteiger partial charge in [-0.2, -0.15) is 5.26 Å². The van der Waals surface area contributed by atoms with Crippen LogP contribution in [0, 0.1) is 17.2 Å². The van der Waals surface area contributed by atoms with Gasteiger partial charge in [-0.15, -0.1) is 0 Å². The third-order valence-corrected chi connectivity index (χ3v) is 3.63. The van der Waals surface area contributed by atoms with Crippen LogP contribution in [0.4, 0.5) is 0 Å². The Morgan fingerprint density at radius 1 is 1.26 bits per heavy atom. The fourth-order valence-electron chi connectivity index (χ4n) is 2.31. The first kappa shape index (κ1) is 13.9. The van der Waals surface area contributed by atoms with Gasteiger partial charge in [0.05, 0.1) is 11.6 Å². The second-order valence-electron chi connectivity index (χ2n) is 4.95. The predicted octanol–water partition coefficient (Wildman–Crippen LogP) is 1.64. The molecule has 1 aliphatic heterocycles. The minimum atomic E-state index is 0.315. The van der Waals surface area contributed by atoms with Gasteiger partial charge >= 0.3 is 0 Å². The predicted molar refractivity (Wildman–Crippen MR) is 72.9 cm³/mol. The summed E-state index contributed by atoms with van der Waals surface area (Å²) in [5, 5.41) is 17.8. The van der Waals surface area contributed by atoms with Gasteiger partial charge in [0, 0.05) is 13.2 Å². The van der Waals surface area contributed by atoms with Crippen LogP contribution in [0.1, 0.15) is 18.4 Å². The molecule has 1 heterocycles. The lowest BCUT2D eigenvalue weighted by Crippen LogP contribution is -2.37. The Morgan fingerprint density at radius 2 is 1.95 bits per heavy atom. The van der Waals surface area contributed by atoms with E-state index < -0.39 is 0 Å². The SMILES string of the molecule is N#Cc1ccc(OCCN2CCC(CO)CC2)cc1. The smallest absolute Gasteiger partial charge is 0.119 e. The summed E-state index contributed by atoms with van der Waals surface area (Å²) in [6.45, 7) is 3.98. The van der Waals surface area contributed by atoms with E-state index in [-0.39, 0.29) is 0 Å². The largest absolute Gasteiger partial charge is 0.492 e. The Kier molecular flexibility index (Phi) is 5.20. The molecule has 0 aliphatic carbocycles. The summed E-state index contributed by atoms with van der Waals surface area (Å²) in [7, 11) is 0. The molecule has 102 valence electrons. The highest BCUT2D eigenvalue weighted by Crippen LogP contribution is 2.16. The van der Waals surface area contributed by atoms with Gasteiger partial charge in [-0.05, 0) is 56.1 Å². The summed E-state index contributed by atoms with van der Waals surface area (Å²) < 4.78 is 5.66. The van der Waals surface area contributed by atoms with E-state index in [0.29, 0.717) is 24.7 Å². The van der Waals surface area contributed by atoms with Crippen molar-refractivity contribution in [2.75, 3.05) is 32.8 Å². The van der Waals surface area contributed by atoms with Gasteiger partial charge in [-0.1, -0.05) is 0 Å². The number of aliphatic hydroxyl groups is 1. The van der Waals surface area contributed by atoms with Crippen molar-refractivity contribution >= 4 is 0 Å². The first-order chi connectivity index (χ1) is 9.31. The van der Waals surface area contributed by atoms with E-state index in [4.69, 9.17) is 15.1 Å². The normalized spacial score (nSPS) is 17.1. The molecule has 1 aromatic carbocycles. The van der Waals surface area contributed by atoms with E-state index in [1.54, 1.807) is 12.1 Å². The highest BCUT2D eigenvalue weighted by Gasteiger charge is 2.17. The van der Waals surface area contributed by atoms with E-state index in [2.05, 4.69) is 11.0 Å². The fourth-order valence-corrected chi connectivity index (χ4v) is 2.31. The fraction of sp³-hybridized carbons (Fsp3) is 0.533. The summed E-state index contributed by atoms with van der Waals surface area (Å²) in [5.74, 6) is 1.29. The van der Waals surface area contributed by atoms with Crippen LogP contribution in [0.25, 0.3) is 0 Å². The van der Waals surface area contributed by atoms with E-state index in [0.717, 1.165) is 38.2 Å². The minimum absolute atomic E-state index is 0.315. The number of aliphatic hydroxyl groups excluding tert-OH is 1. The lowest BCUT2D eigenvalue weighted by Gasteiger charge is -2.30. The molecular formula is C15H20N2O2. The van der Waals surface area contributed by atoms with Crippen LogP contribution in [0.2, 0.25) is 0 Å². The maximum absolute atomic E-state index is 9.08. The molecule has 4 heteroatoms. The molecule has 1 saturated heterocycles. The van der Waals surface area contributed by atoms with Gasteiger partial charge in [0.25, 0.3) is 0 Å². The summed E-state index contributed by atoms with van der Waals surface area (Å²) >= 11 is 0. The highest BCUT2D eigenvalue weighted by molar-refractivity contribution is 5.34. The standard InChI is InChI=1S/C15H20N2O2/c16-11-13-1-3-15(4-2-13)19-10-9-17-7-5-14(12-18)6-8-17/h1-4,14,18H,5-10,12H2. The molecule has 1 aromatic rings. The van der Waals surface area contributed by atoms with Crippen molar-refractivity contribution in [3.05, 3.63) is 29.8 Å². The van der Waals surface area contributed by atoms with Crippen LogP contribution in [-0.2, 0) is 0 Å². The van der Waals surface area contributed by atoms with Gasteiger partial charge in [-0.25, -0.2) is 0 Å². The lowest BCUT2D eigenvalue weighted by atomic mass is 9.98. The van der Waals surface area contributed by atoms with Gasteiger partial charge < -0.3 is 9.84 Å². The van der Waals surface area contributed by atoms with Crippen LogP contribution in [0.5, 0.6) is 5.75 Å². The molecule has 0 radical (unpaired) electrons. The topological polar surface area (TPSA) is 56.5 Å². The van der Waals surface area contributed by atoms with Crippen molar-refractivity contribution in [2.24, 2.45) is 5.92 Å². The Balaban J connectivity index is 1.68. The average molecular weight is 260 g/mol. The summed E-state index contributed by atoms with van der Waals surface area (Å²) in [4.78, 5) is 2.37. The molecule has 0 amide bonds. The molecule has 1 fully saturated rings. The van der Waals surface area contributed by atoms with Crippen LogP contribution in [-0.4, -0.2) is 42.9 Å². The molecule has 0 spiro atoms. The van der Waals surface area contributed by atoms with Gasteiger partial charge in [0.15, 0.2) is 0 Å². The van der Waals surface area contributed by atoms with Crippen LogP contribution >= 0.6 is 0 Å². The lowest BCUT2D eigenvalue weighted by molar-refractivity contribution is 0.119. The van der Waals surface area contributed by atoms with E-state index in [1.807, 2.05) is 12.1 Å². The van der Waals surface area contributed by atoms with Crippen molar-refractivity contribution in [1.82, 2.24) is 4.90 Å². The monoisotopic (exact) mass is 260 g/mol. The summed E-state index contributed by atoms with van der Waals surface area (Å²) in [6, 6.07) is 9.28. The molecule has 0 unspecified atom stereocenters. The number of piperidine rings is 1. The van der Waals surface area contributed by atoms with Crippen molar-refractivity contribution in [1.29, 1.82) is 5.26 Å². The zero-order chi connectivity index (χ0) is 13.5. The molecule has 0 bridgehead atoms. The third-order valence-electron chi connectivity index (χ3n) is 3.63. The molecule has 0 saturated carbocycles. The Hall–Kier alpha value is -1.57. The average Bonchev–Trinajstić information content (AvgIpc) is 2.49. The van der Waals surface area contributed by atoms with Crippen molar-refractivity contribution < 1.29 is 9.84 Å². The van der Waals surface area contributed by atoms with Crippen molar-refractivity contribution in [3.63, 3.8) is 0 Å². The molecule has 0 atom stereocenters. The highest BCUT2D eigenvalue weighted by atomic mass is 16.5. The van der Waals surface area contributed by atoms with Crippen molar-refractivity contribution in [2.45, 2.75) is 12.8 Å². The molecule has 0 aromatic heterocycles. The van der Waals surface area contributed by atoms with Gasteiger partial charge in [0.2, 0.25) is 0 Å². The molecule has 1 N–H and O–H groups in total. The number of hydrogen-bond donors (Lipinski definition) is 1. The first-order valence-corrected chi connectivity index (χ1v) is 6.78. The maximum Gasteiger partial charge on any atom is 0.119 e. The number of nitriles is 1. The van der Waals surface area contributed by atoms with Gasteiger partial charge in [-0.3, -0.25) is 4.90 Å². The van der Waals surface area contributed by atoms with Crippen LogP contribution in [0.15, 0.2) is 24.3 Å². The Morgan fingerprint density at radius 3 is 2.53 bits per heavy atom. The first-order valence-electron chi connectivity index (χ1n) is 6.78. The molecule has 2 rings (SSSR count). The molecule has 4 nitrogen and oxygen atoms in total. The summed E-state index contributed by atoms with van der Waals surface area (Å²) in [6.07, 6.45) is 2.15. The van der Waals surface area contributed by atoms with Crippen molar-refractivity contribution in [3.8, 4) is 11.8 Å². The zero-order valence-corrected chi connectivity index (χ0v) is 11.1. The van der Waals surface area contributed by atoms with E-state index in [1.165, 1.54) is 0 Å².